The van der Waals surface area contributed by atoms with Crippen LogP contribution in [0.25, 0.3) is 0 Å². The van der Waals surface area contributed by atoms with E-state index in [0.29, 0.717) is 23.0 Å². The van der Waals surface area contributed by atoms with Gasteiger partial charge in [0.15, 0.2) is 0 Å². The van der Waals surface area contributed by atoms with Gasteiger partial charge in [-0.05, 0) is 41.5 Å². The average molecular weight is 291 g/mol. The Kier molecular flexibility index (Phi) is 4.68. The summed E-state index contributed by atoms with van der Waals surface area (Å²) in [6.07, 6.45) is 0.431. The molecule has 2 aromatic carbocycles. The Labute approximate surface area is 122 Å². The molecule has 0 aromatic heterocycles. The van der Waals surface area contributed by atoms with Gasteiger partial charge in [0.2, 0.25) is 0 Å². The Bertz CT molecular complexity index is 601. The lowest BCUT2D eigenvalue weighted by molar-refractivity contribution is 1.15. The van der Waals surface area contributed by atoms with Crippen molar-refractivity contribution in [2.45, 2.75) is 13.0 Å². The van der Waals surface area contributed by atoms with Gasteiger partial charge in [0.25, 0.3) is 0 Å². The van der Waals surface area contributed by atoms with Crippen LogP contribution < -0.4 is 5.32 Å². The third kappa shape index (κ3) is 3.89. The van der Waals surface area contributed by atoms with Gasteiger partial charge in [-0.1, -0.05) is 35.3 Å². The summed E-state index contributed by atoms with van der Waals surface area (Å²) in [6.45, 7) is 0.608. The van der Waals surface area contributed by atoms with Crippen molar-refractivity contribution in [3.8, 4) is 6.07 Å². The Morgan fingerprint density at radius 3 is 2.47 bits per heavy atom. The third-order valence-corrected chi connectivity index (χ3v) is 3.33. The first kappa shape index (κ1) is 13.7. The van der Waals surface area contributed by atoms with Crippen LogP contribution in [0.4, 0.5) is 5.69 Å². The minimum Gasteiger partial charge on any atom is -0.381 e. The molecule has 0 saturated carbocycles. The summed E-state index contributed by atoms with van der Waals surface area (Å²) in [6, 6.07) is 15.3. The molecule has 19 heavy (non-hydrogen) atoms. The maximum atomic E-state index is 8.60. The van der Waals surface area contributed by atoms with Gasteiger partial charge in [-0.3, -0.25) is 0 Å². The van der Waals surface area contributed by atoms with E-state index >= 15 is 0 Å². The molecule has 4 heteroatoms. The minimum absolute atomic E-state index is 0.431. The minimum atomic E-state index is 0.431. The van der Waals surface area contributed by atoms with Crippen molar-refractivity contribution in [3.63, 3.8) is 0 Å². The maximum Gasteiger partial charge on any atom is 0.0669 e. The highest BCUT2D eigenvalue weighted by Crippen LogP contribution is 2.21. The first-order valence-electron chi connectivity index (χ1n) is 5.83. The van der Waals surface area contributed by atoms with Crippen molar-refractivity contribution in [2.75, 3.05) is 5.32 Å². The molecule has 2 nitrogen and oxygen atoms in total. The first-order valence-corrected chi connectivity index (χ1v) is 6.58. The SMILES string of the molecule is N#CCc1ccc(NCc2cc(Cl)ccc2Cl)cc1. The van der Waals surface area contributed by atoms with E-state index in [4.69, 9.17) is 28.5 Å². The molecule has 0 unspecified atom stereocenters. The highest BCUT2D eigenvalue weighted by molar-refractivity contribution is 6.33. The van der Waals surface area contributed by atoms with Crippen LogP contribution in [0.1, 0.15) is 11.1 Å². The normalized spacial score (nSPS) is 9.95. The summed E-state index contributed by atoms with van der Waals surface area (Å²) >= 11 is 12.0. The summed E-state index contributed by atoms with van der Waals surface area (Å²) in [5, 5.41) is 13.2. The van der Waals surface area contributed by atoms with E-state index in [0.717, 1.165) is 16.8 Å². The number of hydrogen-bond acceptors (Lipinski definition) is 2. The highest BCUT2D eigenvalue weighted by atomic mass is 35.5. The molecule has 2 rings (SSSR count). The van der Waals surface area contributed by atoms with Crippen molar-refractivity contribution in [2.24, 2.45) is 0 Å². The van der Waals surface area contributed by atoms with Crippen molar-refractivity contribution in [1.29, 1.82) is 5.26 Å². The molecule has 2 aromatic rings. The Morgan fingerprint density at radius 1 is 1.05 bits per heavy atom. The first-order chi connectivity index (χ1) is 9.19. The predicted molar refractivity (Wildman–Crippen MR) is 79.5 cm³/mol. The lowest BCUT2D eigenvalue weighted by Gasteiger charge is -2.09. The van der Waals surface area contributed by atoms with Gasteiger partial charge in [-0.15, -0.1) is 0 Å². The molecule has 0 fully saturated rings. The fourth-order valence-corrected chi connectivity index (χ4v) is 2.09. The number of nitrogens with zero attached hydrogens (tertiary/aromatic N) is 1. The summed E-state index contributed by atoms with van der Waals surface area (Å²) in [7, 11) is 0. The van der Waals surface area contributed by atoms with Crippen molar-refractivity contribution < 1.29 is 0 Å². The zero-order valence-electron chi connectivity index (χ0n) is 10.2. The Hall–Kier alpha value is -1.69. The number of rotatable bonds is 4. The van der Waals surface area contributed by atoms with Crippen LogP contribution in [-0.2, 0) is 13.0 Å². The van der Waals surface area contributed by atoms with Crippen LogP contribution in [0.2, 0.25) is 10.0 Å². The summed E-state index contributed by atoms with van der Waals surface area (Å²) < 4.78 is 0. The van der Waals surface area contributed by atoms with Gasteiger partial charge in [-0.2, -0.15) is 5.26 Å². The summed E-state index contributed by atoms with van der Waals surface area (Å²) in [5.41, 5.74) is 2.95. The van der Waals surface area contributed by atoms with Crippen LogP contribution >= 0.6 is 23.2 Å². The predicted octanol–water partition coefficient (Wildman–Crippen LogP) is 4.67. The smallest absolute Gasteiger partial charge is 0.0669 e. The number of anilines is 1. The van der Waals surface area contributed by atoms with E-state index < -0.39 is 0 Å². The van der Waals surface area contributed by atoms with E-state index in [1.807, 2.05) is 30.3 Å². The standard InChI is InChI=1S/C15H12Cl2N2/c16-13-3-6-15(17)12(9-13)10-19-14-4-1-11(2-5-14)7-8-18/h1-6,9,19H,7,10H2. The third-order valence-electron chi connectivity index (χ3n) is 2.73. The van der Waals surface area contributed by atoms with Crippen LogP contribution in [0, 0.1) is 11.3 Å². The van der Waals surface area contributed by atoms with Gasteiger partial charge < -0.3 is 5.32 Å². The van der Waals surface area contributed by atoms with Gasteiger partial charge in [0, 0.05) is 22.3 Å². The van der Waals surface area contributed by atoms with Gasteiger partial charge in [0.05, 0.1) is 12.5 Å². The maximum absolute atomic E-state index is 8.60. The lowest BCUT2D eigenvalue weighted by atomic mass is 10.1. The second-order valence-corrected chi connectivity index (χ2v) is 4.96. The molecular weight excluding hydrogens is 279 g/mol. The molecule has 0 heterocycles. The van der Waals surface area contributed by atoms with E-state index in [1.54, 1.807) is 12.1 Å². The topological polar surface area (TPSA) is 35.8 Å². The summed E-state index contributed by atoms with van der Waals surface area (Å²) in [4.78, 5) is 0. The summed E-state index contributed by atoms with van der Waals surface area (Å²) in [5.74, 6) is 0. The van der Waals surface area contributed by atoms with E-state index in [1.165, 1.54) is 0 Å². The molecule has 0 aliphatic rings. The number of benzene rings is 2. The second-order valence-electron chi connectivity index (χ2n) is 4.12. The molecule has 96 valence electrons. The van der Waals surface area contributed by atoms with Gasteiger partial charge in [-0.25, -0.2) is 0 Å². The van der Waals surface area contributed by atoms with Gasteiger partial charge in [0.1, 0.15) is 0 Å². The molecule has 0 radical (unpaired) electrons. The zero-order chi connectivity index (χ0) is 13.7. The van der Waals surface area contributed by atoms with Gasteiger partial charge >= 0.3 is 0 Å². The lowest BCUT2D eigenvalue weighted by Crippen LogP contribution is -2.00. The Balaban J connectivity index is 2.02. The molecule has 0 spiro atoms. The van der Waals surface area contributed by atoms with E-state index in [2.05, 4.69) is 11.4 Å². The van der Waals surface area contributed by atoms with Crippen molar-refractivity contribution in [1.82, 2.24) is 0 Å². The van der Waals surface area contributed by atoms with Crippen LogP contribution in [0.5, 0.6) is 0 Å². The molecular formula is C15H12Cl2N2. The fourth-order valence-electron chi connectivity index (χ4n) is 1.71. The largest absolute Gasteiger partial charge is 0.381 e. The molecule has 0 bridgehead atoms. The molecule has 0 saturated heterocycles. The van der Waals surface area contributed by atoms with Crippen molar-refractivity contribution >= 4 is 28.9 Å². The van der Waals surface area contributed by atoms with Crippen LogP contribution in [-0.4, -0.2) is 0 Å². The number of nitriles is 1. The quantitative estimate of drug-likeness (QED) is 0.888. The van der Waals surface area contributed by atoms with E-state index in [-0.39, 0.29) is 0 Å². The molecule has 0 amide bonds. The highest BCUT2D eigenvalue weighted by Gasteiger charge is 2.01. The molecule has 0 atom stereocenters. The van der Waals surface area contributed by atoms with E-state index in [9.17, 15) is 0 Å². The number of halogens is 2. The fraction of sp³-hybridized carbons (Fsp3) is 0.133. The van der Waals surface area contributed by atoms with Crippen molar-refractivity contribution in [3.05, 3.63) is 63.6 Å². The average Bonchev–Trinajstić information content (AvgIpc) is 2.42. The monoisotopic (exact) mass is 290 g/mol. The molecule has 0 aliphatic carbocycles. The Morgan fingerprint density at radius 2 is 1.79 bits per heavy atom. The second kappa shape index (κ2) is 6.47. The zero-order valence-corrected chi connectivity index (χ0v) is 11.7. The molecule has 1 N–H and O–H groups in total. The van der Waals surface area contributed by atoms with Crippen LogP contribution in [0.15, 0.2) is 42.5 Å². The van der Waals surface area contributed by atoms with Crippen LogP contribution in [0.3, 0.4) is 0 Å². The number of nitrogens with one attached hydrogen (secondary N) is 1. The molecule has 0 aliphatic heterocycles. The number of hydrogen-bond donors (Lipinski definition) is 1.